The minimum atomic E-state index is -3.72. The first kappa shape index (κ1) is 24.6. The lowest BCUT2D eigenvalue weighted by atomic mass is 10.3. The predicted molar refractivity (Wildman–Crippen MR) is 127 cm³/mol. The number of nitrogens with one attached hydrogen (secondary N) is 1. The second kappa shape index (κ2) is 10.4. The number of methoxy groups -OCH3 is 1. The van der Waals surface area contributed by atoms with Crippen LogP contribution in [-0.4, -0.2) is 74.2 Å². The van der Waals surface area contributed by atoms with Gasteiger partial charge in [-0.25, -0.2) is 13.4 Å². The molecule has 0 spiro atoms. The van der Waals surface area contributed by atoms with Gasteiger partial charge in [-0.15, -0.1) is 0 Å². The molecule has 0 unspecified atom stereocenters. The number of imidazole rings is 1. The summed E-state index contributed by atoms with van der Waals surface area (Å²) in [7, 11) is -2.35. The van der Waals surface area contributed by atoms with E-state index in [2.05, 4.69) is 10.3 Å². The van der Waals surface area contributed by atoms with Crippen molar-refractivity contribution in [3.8, 4) is 5.75 Å². The monoisotopic (exact) mass is 502 g/mol. The number of aryl methyl sites for hydroxylation is 1. The van der Waals surface area contributed by atoms with Crippen LogP contribution in [0.15, 0.2) is 47.4 Å². The van der Waals surface area contributed by atoms with E-state index in [1.165, 1.54) is 29.6 Å². The Hall–Kier alpha value is -3.48. The summed E-state index contributed by atoms with van der Waals surface area (Å²) in [5.41, 5.74) is 1.82. The minimum Gasteiger partial charge on any atom is -0.495 e. The molecule has 0 aliphatic carbocycles. The Bertz CT molecular complexity index is 1350. The van der Waals surface area contributed by atoms with Crippen molar-refractivity contribution in [2.24, 2.45) is 0 Å². The predicted octanol–water partition coefficient (Wildman–Crippen LogP) is 1.56. The average Bonchev–Trinajstić information content (AvgIpc) is 3.18. The van der Waals surface area contributed by atoms with Gasteiger partial charge in [-0.1, -0.05) is 12.1 Å². The molecule has 1 N–H and O–H groups in total. The summed E-state index contributed by atoms with van der Waals surface area (Å²) in [6.45, 7) is 2.39. The topological polar surface area (TPSA) is 129 Å². The maximum Gasteiger partial charge on any atom is 0.326 e. The van der Waals surface area contributed by atoms with Gasteiger partial charge in [0, 0.05) is 19.2 Å². The number of anilines is 1. The molecule has 2 aromatic carbocycles. The molecular weight excluding hydrogens is 476 g/mol. The zero-order valence-corrected chi connectivity index (χ0v) is 20.2. The molecule has 3 aromatic rings. The van der Waals surface area contributed by atoms with E-state index in [-0.39, 0.29) is 36.0 Å². The fourth-order valence-corrected chi connectivity index (χ4v) is 5.20. The van der Waals surface area contributed by atoms with Crippen LogP contribution in [0.25, 0.3) is 11.0 Å². The van der Waals surface area contributed by atoms with Crippen LogP contribution in [0.1, 0.15) is 5.82 Å². The molecule has 0 saturated carbocycles. The maximum absolute atomic E-state index is 12.9. The van der Waals surface area contributed by atoms with Gasteiger partial charge in [0.15, 0.2) is 6.61 Å². The van der Waals surface area contributed by atoms with Gasteiger partial charge in [-0.05, 0) is 31.2 Å². The van der Waals surface area contributed by atoms with Gasteiger partial charge in [-0.2, -0.15) is 4.31 Å². The molecule has 1 amide bonds. The number of nitrogens with zero attached hydrogens (tertiary/aromatic N) is 3. The van der Waals surface area contributed by atoms with Crippen molar-refractivity contribution in [2.75, 3.05) is 45.3 Å². The van der Waals surface area contributed by atoms with Crippen LogP contribution >= 0.6 is 0 Å². The standard InChI is InChI=1S/C23H26N4O7S/c1-16-24-18-5-3-4-6-20(18)27(16)14-23(29)34-15-22(28)25-19-8-7-17(13-21(19)32-2)35(30,31)26-9-11-33-12-10-26/h3-8,13H,9-12,14-15H2,1-2H3,(H,25,28). The van der Waals surface area contributed by atoms with Gasteiger partial charge in [0.25, 0.3) is 5.91 Å². The number of rotatable bonds is 8. The lowest BCUT2D eigenvalue weighted by molar-refractivity contribution is -0.147. The Balaban J connectivity index is 1.37. The van der Waals surface area contributed by atoms with Gasteiger partial charge in [0.2, 0.25) is 10.0 Å². The minimum absolute atomic E-state index is 0.0450. The van der Waals surface area contributed by atoms with Crippen LogP contribution in [-0.2, 0) is 35.6 Å². The third kappa shape index (κ3) is 5.45. The first-order valence-electron chi connectivity index (χ1n) is 10.9. The smallest absolute Gasteiger partial charge is 0.326 e. The maximum atomic E-state index is 12.9. The van der Waals surface area contributed by atoms with E-state index < -0.39 is 28.5 Å². The molecule has 186 valence electrons. The lowest BCUT2D eigenvalue weighted by Gasteiger charge is -2.26. The zero-order chi connectivity index (χ0) is 25.0. The van der Waals surface area contributed by atoms with Crippen molar-refractivity contribution in [2.45, 2.75) is 18.4 Å². The molecule has 0 bridgehead atoms. The molecule has 1 aliphatic heterocycles. The van der Waals surface area contributed by atoms with Crippen molar-refractivity contribution in [1.29, 1.82) is 0 Å². The van der Waals surface area contributed by atoms with Crippen molar-refractivity contribution in [1.82, 2.24) is 13.9 Å². The summed E-state index contributed by atoms with van der Waals surface area (Å²) in [6.07, 6.45) is 0. The van der Waals surface area contributed by atoms with E-state index in [1.54, 1.807) is 11.5 Å². The molecular formula is C23H26N4O7S. The number of amides is 1. The van der Waals surface area contributed by atoms with Crippen molar-refractivity contribution >= 4 is 38.6 Å². The Kier molecular flexibility index (Phi) is 7.34. The van der Waals surface area contributed by atoms with Crippen LogP contribution in [0.5, 0.6) is 5.75 Å². The number of para-hydroxylation sites is 2. The number of ether oxygens (including phenoxy) is 3. The van der Waals surface area contributed by atoms with Gasteiger partial charge in [-0.3, -0.25) is 9.59 Å². The van der Waals surface area contributed by atoms with Gasteiger partial charge >= 0.3 is 5.97 Å². The number of hydrogen-bond acceptors (Lipinski definition) is 8. The van der Waals surface area contributed by atoms with Crippen molar-refractivity contribution in [3.05, 3.63) is 48.3 Å². The molecule has 0 atom stereocenters. The summed E-state index contributed by atoms with van der Waals surface area (Å²) in [6, 6.07) is 11.6. The SMILES string of the molecule is COc1cc(S(=O)(=O)N2CCOCC2)ccc1NC(=O)COC(=O)Cn1c(C)nc2ccccc21. The highest BCUT2D eigenvalue weighted by Gasteiger charge is 2.27. The molecule has 0 radical (unpaired) electrons. The lowest BCUT2D eigenvalue weighted by Crippen LogP contribution is -2.40. The van der Waals surface area contributed by atoms with E-state index in [0.717, 1.165) is 11.0 Å². The number of benzene rings is 2. The molecule has 4 rings (SSSR count). The quantitative estimate of drug-likeness (QED) is 0.460. The first-order valence-corrected chi connectivity index (χ1v) is 12.4. The number of carbonyl (C=O) groups is 2. The molecule has 1 aromatic heterocycles. The molecule has 1 saturated heterocycles. The summed E-state index contributed by atoms with van der Waals surface area (Å²) >= 11 is 0. The van der Waals surface area contributed by atoms with Gasteiger partial charge in [0.05, 0.1) is 41.9 Å². The molecule has 1 fully saturated rings. The van der Waals surface area contributed by atoms with Crippen LogP contribution in [0.3, 0.4) is 0 Å². The van der Waals surface area contributed by atoms with Crippen LogP contribution in [0.2, 0.25) is 0 Å². The number of morpholine rings is 1. The Morgan fingerprint density at radius 3 is 2.63 bits per heavy atom. The highest BCUT2D eigenvalue weighted by molar-refractivity contribution is 7.89. The summed E-state index contributed by atoms with van der Waals surface area (Å²) in [4.78, 5) is 29.2. The molecule has 35 heavy (non-hydrogen) atoms. The number of aromatic nitrogens is 2. The van der Waals surface area contributed by atoms with Gasteiger partial charge < -0.3 is 24.1 Å². The van der Waals surface area contributed by atoms with E-state index in [0.29, 0.717) is 19.0 Å². The largest absolute Gasteiger partial charge is 0.495 e. The Morgan fingerprint density at radius 1 is 1.14 bits per heavy atom. The highest BCUT2D eigenvalue weighted by Crippen LogP contribution is 2.29. The van der Waals surface area contributed by atoms with Crippen LogP contribution < -0.4 is 10.1 Å². The number of sulfonamides is 1. The molecule has 11 nitrogen and oxygen atoms in total. The van der Waals surface area contributed by atoms with Crippen LogP contribution in [0, 0.1) is 6.92 Å². The summed E-state index contributed by atoms with van der Waals surface area (Å²) in [5.74, 6) is -0.359. The summed E-state index contributed by atoms with van der Waals surface area (Å²) < 4.78 is 44.4. The highest BCUT2D eigenvalue weighted by atomic mass is 32.2. The van der Waals surface area contributed by atoms with E-state index in [4.69, 9.17) is 14.2 Å². The second-order valence-electron chi connectivity index (χ2n) is 7.82. The fourth-order valence-electron chi connectivity index (χ4n) is 3.77. The van der Waals surface area contributed by atoms with Crippen molar-refractivity contribution in [3.63, 3.8) is 0 Å². The van der Waals surface area contributed by atoms with E-state index in [9.17, 15) is 18.0 Å². The third-order valence-electron chi connectivity index (χ3n) is 5.55. The molecule has 2 heterocycles. The van der Waals surface area contributed by atoms with E-state index in [1.807, 2.05) is 24.3 Å². The average molecular weight is 503 g/mol. The number of esters is 1. The number of hydrogen-bond donors (Lipinski definition) is 1. The van der Waals surface area contributed by atoms with E-state index >= 15 is 0 Å². The first-order chi connectivity index (χ1) is 16.8. The van der Waals surface area contributed by atoms with Crippen molar-refractivity contribution < 1.29 is 32.2 Å². The third-order valence-corrected chi connectivity index (χ3v) is 7.45. The Labute approximate surface area is 202 Å². The van der Waals surface area contributed by atoms with Gasteiger partial charge in [0.1, 0.15) is 18.1 Å². The normalized spacial score (nSPS) is 14.6. The zero-order valence-electron chi connectivity index (χ0n) is 19.4. The number of fused-ring (bicyclic) bond motifs is 1. The second-order valence-corrected chi connectivity index (χ2v) is 9.76. The number of carbonyl (C=O) groups excluding carboxylic acids is 2. The molecule has 1 aliphatic rings. The van der Waals surface area contributed by atoms with Crippen LogP contribution in [0.4, 0.5) is 5.69 Å². The Morgan fingerprint density at radius 2 is 1.89 bits per heavy atom. The molecule has 12 heteroatoms. The summed E-state index contributed by atoms with van der Waals surface area (Å²) in [5, 5.41) is 2.59. The fraction of sp³-hybridized carbons (Fsp3) is 0.348.